The molecule has 1 saturated heterocycles. The lowest BCUT2D eigenvalue weighted by Gasteiger charge is -2.15. The quantitative estimate of drug-likeness (QED) is 0.920. The number of imidazole rings is 1. The fourth-order valence-corrected chi connectivity index (χ4v) is 2.99. The SMILES string of the molecule is CC(C)n1c(CC2CCNC2)nc2cc(F)ccc21. The molecule has 1 atom stereocenters. The van der Waals surface area contributed by atoms with Crippen molar-refractivity contribution in [2.45, 2.75) is 32.7 Å². The molecule has 4 heteroatoms. The van der Waals surface area contributed by atoms with Gasteiger partial charge in [-0.25, -0.2) is 9.37 Å². The van der Waals surface area contributed by atoms with Crippen LogP contribution in [-0.2, 0) is 6.42 Å². The van der Waals surface area contributed by atoms with Crippen LogP contribution in [0.3, 0.4) is 0 Å². The third kappa shape index (κ3) is 2.37. The molecule has 1 N–H and O–H groups in total. The first-order valence-corrected chi connectivity index (χ1v) is 7.02. The third-order valence-corrected chi connectivity index (χ3v) is 3.87. The lowest BCUT2D eigenvalue weighted by Crippen LogP contribution is -2.14. The first kappa shape index (κ1) is 12.6. The first-order valence-electron chi connectivity index (χ1n) is 7.02. The van der Waals surface area contributed by atoms with Crippen molar-refractivity contribution in [2.75, 3.05) is 13.1 Å². The highest BCUT2D eigenvalue weighted by molar-refractivity contribution is 5.76. The Morgan fingerprint density at radius 2 is 2.32 bits per heavy atom. The van der Waals surface area contributed by atoms with Gasteiger partial charge in [-0.1, -0.05) is 0 Å². The van der Waals surface area contributed by atoms with Crippen LogP contribution in [0.4, 0.5) is 4.39 Å². The van der Waals surface area contributed by atoms with Crippen LogP contribution in [0.5, 0.6) is 0 Å². The van der Waals surface area contributed by atoms with Crippen molar-refractivity contribution >= 4 is 11.0 Å². The molecule has 3 rings (SSSR count). The van der Waals surface area contributed by atoms with Crippen molar-refractivity contribution < 1.29 is 4.39 Å². The summed E-state index contributed by atoms with van der Waals surface area (Å²) in [5.74, 6) is 1.53. The maximum absolute atomic E-state index is 13.3. The third-order valence-electron chi connectivity index (χ3n) is 3.87. The molecule has 1 aliphatic rings. The van der Waals surface area contributed by atoms with Crippen molar-refractivity contribution in [1.29, 1.82) is 0 Å². The Morgan fingerprint density at radius 1 is 1.47 bits per heavy atom. The predicted molar refractivity (Wildman–Crippen MR) is 74.8 cm³/mol. The molecule has 102 valence electrons. The van der Waals surface area contributed by atoms with E-state index in [-0.39, 0.29) is 5.82 Å². The summed E-state index contributed by atoms with van der Waals surface area (Å²) in [6, 6.07) is 5.24. The van der Waals surface area contributed by atoms with Gasteiger partial charge in [0.25, 0.3) is 0 Å². The second-order valence-corrected chi connectivity index (χ2v) is 5.69. The highest BCUT2D eigenvalue weighted by Crippen LogP contribution is 2.24. The molecule has 0 aliphatic carbocycles. The molecule has 3 nitrogen and oxygen atoms in total. The molecular formula is C15H20FN3. The van der Waals surface area contributed by atoms with Crippen molar-refractivity contribution in [3.05, 3.63) is 29.8 Å². The van der Waals surface area contributed by atoms with E-state index in [1.165, 1.54) is 18.6 Å². The minimum absolute atomic E-state index is 0.213. The molecule has 0 spiro atoms. The van der Waals surface area contributed by atoms with Crippen molar-refractivity contribution in [3.63, 3.8) is 0 Å². The summed E-state index contributed by atoms with van der Waals surface area (Å²) in [4.78, 5) is 4.65. The smallest absolute Gasteiger partial charge is 0.125 e. The second-order valence-electron chi connectivity index (χ2n) is 5.69. The van der Waals surface area contributed by atoms with Crippen LogP contribution < -0.4 is 5.32 Å². The summed E-state index contributed by atoms with van der Waals surface area (Å²) in [6.45, 7) is 6.47. The average Bonchev–Trinajstić information content (AvgIpc) is 2.95. The predicted octanol–water partition coefficient (Wildman–Crippen LogP) is 2.91. The van der Waals surface area contributed by atoms with Crippen molar-refractivity contribution in [1.82, 2.24) is 14.9 Å². The van der Waals surface area contributed by atoms with E-state index in [0.717, 1.165) is 36.4 Å². The zero-order valence-electron chi connectivity index (χ0n) is 11.5. The summed E-state index contributed by atoms with van der Waals surface area (Å²) < 4.78 is 15.6. The monoisotopic (exact) mass is 261 g/mol. The zero-order valence-corrected chi connectivity index (χ0v) is 11.5. The van der Waals surface area contributed by atoms with Crippen LogP contribution in [0.2, 0.25) is 0 Å². The van der Waals surface area contributed by atoms with Gasteiger partial charge < -0.3 is 9.88 Å². The minimum Gasteiger partial charge on any atom is -0.325 e. The molecule has 2 aromatic rings. The highest BCUT2D eigenvalue weighted by Gasteiger charge is 2.20. The molecular weight excluding hydrogens is 241 g/mol. The molecule has 0 amide bonds. The van der Waals surface area contributed by atoms with Gasteiger partial charge in [0.05, 0.1) is 11.0 Å². The van der Waals surface area contributed by atoms with Gasteiger partial charge in [0.15, 0.2) is 0 Å². The Bertz CT molecular complexity index is 582. The maximum atomic E-state index is 13.3. The Morgan fingerprint density at radius 3 is 3.00 bits per heavy atom. The van der Waals surface area contributed by atoms with E-state index in [4.69, 9.17) is 0 Å². The van der Waals surface area contributed by atoms with E-state index < -0.39 is 0 Å². The largest absolute Gasteiger partial charge is 0.325 e. The molecule has 1 unspecified atom stereocenters. The van der Waals surface area contributed by atoms with Crippen LogP contribution in [0.25, 0.3) is 11.0 Å². The Hall–Kier alpha value is -1.42. The Balaban J connectivity index is 2.03. The van der Waals surface area contributed by atoms with Crippen LogP contribution in [0.15, 0.2) is 18.2 Å². The van der Waals surface area contributed by atoms with E-state index in [0.29, 0.717) is 12.0 Å². The van der Waals surface area contributed by atoms with E-state index in [2.05, 4.69) is 28.7 Å². The van der Waals surface area contributed by atoms with Gasteiger partial charge in [0.2, 0.25) is 0 Å². The topological polar surface area (TPSA) is 29.9 Å². The Kier molecular flexibility index (Phi) is 3.27. The summed E-state index contributed by atoms with van der Waals surface area (Å²) in [5.41, 5.74) is 1.81. The molecule has 1 aromatic carbocycles. The number of hydrogen-bond donors (Lipinski definition) is 1. The molecule has 1 aliphatic heterocycles. The normalized spacial score (nSPS) is 19.7. The number of rotatable bonds is 3. The number of benzene rings is 1. The summed E-state index contributed by atoms with van der Waals surface area (Å²) in [5, 5.41) is 3.39. The van der Waals surface area contributed by atoms with Crippen LogP contribution in [0.1, 0.15) is 32.1 Å². The van der Waals surface area contributed by atoms with Crippen molar-refractivity contribution in [3.8, 4) is 0 Å². The van der Waals surface area contributed by atoms with E-state index in [9.17, 15) is 4.39 Å². The maximum Gasteiger partial charge on any atom is 0.125 e. The molecule has 1 aromatic heterocycles. The summed E-state index contributed by atoms with van der Waals surface area (Å²) >= 11 is 0. The van der Waals surface area contributed by atoms with Gasteiger partial charge in [0.1, 0.15) is 11.6 Å². The lowest BCUT2D eigenvalue weighted by atomic mass is 10.0. The number of nitrogens with zero attached hydrogens (tertiary/aromatic N) is 2. The standard InChI is InChI=1S/C15H20FN3/c1-10(2)19-14-4-3-12(16)8-13(14)18-15(19)7-11-5-6-17-9-11/h3-4,8,10-11,17H,5-7,9H2,1-2H3. The minimum atomic E-state index is -0.213. The molecule has 19 heavy (non-hydrogen) atoms. The number of aromatic nitrogens is 2. The van der Waals surface area contributed by atoms with Crippen LogP contribution >= 0.6 is 0 Å². The van der Waals surface area contributed by atoms with E-state index in [1.807, 2.05) is 6.07 Å². The second kappa shape index (κ2) is 4.93. The molecule has 0 saturated carbocycles. The van der Waals surface area contributed by atoms with Crippen LogP contribution in [0, 0.1) is 11.7 Å². The average molecular weight is 261 g/mol. The Labute approximate surface area is 112 Å². The summed E-state index contributed by atoms with van der Waals surface area (Å²) in [6.07, 6.45) is 2.18. The highest BCUT2D eigenvalue weighted by atomic mass is 19.1. The fourth-order valence-electron chi connectivity index (χ4n) is 2.99. The van der Waals surface area contributed by atoms with E-state index >= 15 is 0 Å². The molecule has 1 fully saturated rings. The zero-order chi connectivity index (χ0) is 13.4. The van der Waals surface area contributed by atoms with Gasteiger partial charge in [-0.3, -0.25) is 0 Å². The van der Waals surface area contributed by atoms with Crippen molar-refractivity contribution in [2.24, 2.45) is 5.92 Å². The first-order chi connectivity index (χ1) is 9.15. The number of fused-ring (bicyclic) bond motifs is 1. The van der Waals surface area contributed by atoms with Gasteiger partial charge in [-0.05, 0) is 51.4 Å². The number of halogens is 1. The molecule has 0 bridgehead atoms. The van der Waals surface area contributed by atoms with E-state index in [1.54, 1.807) is 0 Å². The number of hydrogen-bond acceptors (Lipinski definition) is 2. The van der Waals surface area contributed by atoms with Gasteiger partial charge >= 0.3 is 0 Å². The fraction of sp³-hybridized carbons (Fsp3) is 0.533. The van der Waals surface area contributed by atoms with Gasteiger partial charge in [0, 0.05) is 18.5 Å². The summed E-state index contributed by atoms with van der Waals surface area (Å²) in [7, 11) is 0. The molecule has 2 heterocycles. The van der Waals surface area contributed by atoms with Gasteiger partial charge in [-0.15, -0.1) is 0 Å². The number of nitrogens with one attached hydrogen (secondary N) is 1. The lowest BCUT2D eigenvalue weighted by molar-refractivity contribution is 0.514. The molecule has 0 radical (unpaired) electrons. The van der Waals surface area contributed by atoms with Gasteiger partial charge in [-0.2, -0.15) is 0 Å². The van der Waals surface area contributed by atoms with Crippen LogP contribution in [-0.4, -0.2) is 22.6 Å².